The van der Waals surface area contributed by atoms with Crippen LogP contribution in [0.5, 0.6) is 0 Å². The van der Waals surface area contributed by atoms with Crippen LogP contribution >= 0.6 is 11.3 Å². The molecule has 0 aliphatic carbocycles. The molecule has 0 saturated carbocycles. The summed E-state index contributed by atoms with van der Waals surface area (Å²) in [6.07, 6.45) is 0.427. The highest BCUT2D eigenvalue weighted by molar-refractivity contribution is 7.10. The molecule has 23 heavy (non-hydrogen) atoms. The summed E-state index contributed by atoms with van der Waals surface area (Å²) in [6.45, 7) is 6.73. The van der Waals surface area contributed by atoms with E-state index in [0.717, 1.165) is 36.0 Å². The molecule has 1 aliphatic heterocycles. The summed E-state index contributed by atoms with van der Waals surface area (Å²) < 4.78 is 5.57. The van der Waals surface area contributed by atoms with E-state index in [1.54, 1.807) is 11.3 Å². The van der Waals surface area contributed by atoms with Gasteiger partial charge in [-0.3, -0.25) is 4.79 Å². The number of hydrogen-bond donors (Lipinski definition) is 1. The van der Waals surface area contributed by atoms with Crippen LogP contribution in [0.2, 0.25) is 0 Å². The van der Waals surface area contributed by atoms with Crippen LogP contribution in [0.3, 0.4) is 0 Å². The molecule has 0 atom stereocenters. The molecule has 4 nitrogen and oxygen atoms in total. The third-order valence-corrected chi connectivity index (χ3v) is 4.90. The Hall–Kier alpha value is -1.85. The Kier molecular flexibility index (Phi) is 4.68. The number of thiophene rings is 1. The molecule has 1 fully saturated rings. The molecule has 122 valence electrons. The number of carbonyl (C=O) groups excluding carboxylic acids is 1. The minimum absolute atomic E-state index is 0.0117. The molecule has 1 N–H and O–H groups in total. The van der Waals surface area contributed by atoms with Gasteiger partial charge in [0.15, 0.2) is 0 Å². The second-order valence-electron chi connectivity index (χ2n) is 6.37. The van der Waals surface area contributed by atoms with Crippen molar-refractivity contribution in [2.24, 2.45) is 0 Å². The van der Waals surface area contributed by atoms with Gasteiger partial charge in [0.05, 0.1) is 25.2 Å². The topological polar surface area (TPSA) is 41.6 Å². The smallest absolute Gasteiger partial charge is 0.229 e. The molecule has 1 aromatic carbocycles. The van der Waals surface area contributed by atoms with E-state index < -0.39 is 0 Å². The maximum Gasteiger partial charge on any atom is 0.229 e. The third kappa shape index (κ3) is 3.92. The van der Waals surface area contributed by atoms with Gasteiger partial charge in [0.1, 0.15) is 0 Å². The normalized spacial score (nSPS) is 17.0. The van der Waals surface area contributed by atoms with E-state index in [2.05, 4.69) is 36.2 Å². The lowest BCUT2D eigenvalue weighted by Crippen LogP contribution is -2.53. The number of morpholine rings is 1. The summed E-state index contributed by atoms with van der Waals surface area (Å²) in [6, 6.07) is 12.0. The zero-order chi connectivity index (χ0) is 16.3. The van der Waals surface area contributed by atoms with Gasteiger partial charge >= 0.3 is 0 Å². The second-order valence-corrected chi connectivity index (χ2v) is 7.40. The van der Waals surface area contributed by atoms with Crippen LogP contribution in [0.4, 0.5) is 11.4 Å². The Morgan fingerprint density at radius 3 is 2.74 bits per heavy atom. The molecule has 1 aromatic heterocycles. The molecule has 0 radical (unpaired) electrons. The molecule has 0 unspecified atom stereocenters. The Morgan fingerprint density at radius 2 is 2.09 bits per heavy atom. The van der Waals surface area contributed by atoms with E-state index in [0.29, 0.717) is 6.42 Å². The van der Waals surface area contributed by atoms with Crippen molar-refractivity contribution in [3.8, 4) is 0 Å². The number of nitrogens with one attached hydrogen (secondary N) is 1. The molecule has 1 amide bonds. The summed E-state index contributed by atoms with van der Waals surface area (Å²) in [4.78, 5) is 15.5. The summed E-state index contributed by atoms with van der Waals surface area (Å²) in [5.41, 5.74) is 1.98. The van der Waals surface area contributed by atoms with Gasteiger partial charge < -0.3 is 15.0 Å². The van der Waals surface area contributed by atoms with Crippen molar-refractivity contribution in [3.63, 3.8) is 0 Å². The van der Waals surface area contributed by atoms with Gasteiger partial charge in [-0.05, 0) is 49.6 Å². The van der Waals surface area contributed by atoms with Crippen LogP contribution in [0, 0.1) is 0 Å². The minimum atomic E-state index is -0.0117. The van der Waals surface area contributed by atoms with Crippen molar-refractivity contribution < 1.29 is 9.53 Å². The highest BCUT2D eigenvalue weighted by atomic mass is 32.1. The summed E-state index contributed by atoms with van der Waals surface area (Å²) in [5, 5.41) is 4.94. The van der Waals surface area contributed by atoms with Crippen molar-refractivity contribution in [3.05, 3.63) is 46.7 Å². The number of amides is 1. The molecule has 3 rings (SSSR count). The highest BCUT2D eigenvalue weighted by Gasteiger charge is 2.30. The number of rotatable bonds is 4. The van der Waals surface area contributed by atoms with Gasteiger partial charge in [0, 0.05) is 22.8 Å². The largest absolute Gasteiger partial charge is 0.377 e. The van der Waals surface area contributed by atoms with E-state index in [1.165, 1.54) is 0 Å². The summed E-state index contributed by atoms with van der Waals surface area (Å²) in [5.74, 6) is 0.0203. The molecule has 1 aliphatic rings. The minimum Gasteiger partial charge on any atom is -0.377 e. The van der Waals surface area contributed by atoms with E-state index in [1.807, 2.05) is 29.6 Å². The van der Waals surface area contributed by atoms with E-state index in [4.69, 9.17) is 4.74 Å². The van der Waals surface area contributed by atoms with Crippen molar-refractivity contribution in [1.82, 2.24) is 0 Å². The van der Waals surface area contributed by atoms with Crippen LogP contribution in [0.25, 0.3) is 0 Å². The maximum atomic E-state index is 12.0. The molecule has 0 spiro atoms. The van der Waals surface area contributed by atoms with Crippen LogP contribution in [0.1, 0.15) is 18.7 Å². The average Bonchev–Trinajstić information content (AvgIpc) is 3.01. The summed E-state index contributed by atoms with van der Waals surface area (Å²) >= 11 is 1.60. The number of nitrogens with zero attached hydrogens (tertiary/aromatic N) is 1. The van der Waals surface area contributed by atoms with Crippen LogP contribution in [0.15, 0.2) is 41.8 Å². The monoisotopic (exact) mass is 330 g/mol. The van der Waals surface area contributed by atoms with E-state index in [9.17, 15) is 4.79 Å². The summed E-state index contributed by atoms with van der Waals surface area (Å²) in [7, 11) is 0. The van der Waals surface area contributed by atoms with Crippen LogP contribution < -0.4 is 10.2 Å². The standard InChI is InChI=1S/C18H22N2O2S/c1-18(2)13-22-10-9-20(18)15-7-5-14(6-8-15)19-17(21)12-16-4-3-11-23-16/h3-8,11H,9-10,12-13H2,1-2H3,(H,19,21). The second kappa shape index (κ2) is 6.72. The number of ether oxygens (including phenoxy) is 1. The van der Waals surface area contributed by atoms with Crippen molar-refractivity contribution in [2.75, 3.05) is 30.0 Å². The number of benzene rings is 1. The third-order valence-electron chi connectivity index (χ3n) is 4.02. The predicted molar refractivity (Wildman–Crippen MR) is 95.3 cm³/mol. The fourth-order valence-corrected chi connectivity index (χ4v) is 3.54. The van der Waals surface area contributed by atoms with Crippen molar-refractivity contribution in [1.29, 1.82) is 0 Å². The van der Waals surface area contributed by atoms with Gasteiger partial charge in [-0.25, -0.2) is 0 Å². The Balaban J connectivity index is 1.64. The number of anilines is 2. The molecule has 5 heteroatoms. The first kappa shape index (κ1) is 16.0. The zero-order valence-corrected chi connectivity index (χ0v) is 14.4. The fraction of sp³-hybridized carbons (Fsp3) is 0.389. The number of carbonyl (C=O) groups is 1. The first-order valence-corrected chi connectivity index (χ1v) is 8.70. The van der Waals surface area contributed by atoms with Crippen molar-refractivity contribution >= 4 is 28.6 Å². The molecular weight excluding hydrogens is 308 g/mol. The van der Waals surface area contributed by atoms with E-state index in [-0.39, 0.29) is 11.4 Å². The molecule has 0 bridgehead atoms. The van der Waals surface area contributed by atoms with Crippen molar-refractivity contribution in [2.45, 2.75) is 25.8 Å². The quantitative estimate of drug-likeness (QED) is 0.932. The molecular formula is C18H22N2O2S. The highest BCUT2D eigenvalue weighted by Crippen LogP contribution is 2.28. The van der Waals surface area contributed by atoms with Gasteiger partial charge in [-0.1, -0.05) is 6.07 Å². The van der Waals surface area contributed by atoms with Gasteiger partial charge in [-0.15, -0.1) is 11.3 Å². The first-order chi connectivity index (χ1) is 11.0. The van der Waals surface area contributed by atoms with E-state index >= 15 is 0 Å². The Labute approximate surface area is 141 Å². The zero-order valence-electron chi connectivity index (χ0n) is 13.5. The van der Waals surface area contributed by atoms with Gasteiger partial charge in [-0.2, -0.15) is 0 Å². The SMILES string of the molecule is CC1(C)COCCN1c1ccc(NC(=O)Cc2cccs2)cc1. The fourth-order valence-electron chi connectivity index (χ4n) is 2.84. The lowest BCUT2D eigenvalue weighted by Gasteiger charge is -2.43. The molecule has 2 heterocycles. The Morgan fingerprint density at radius 1 is 1.30 bits per heavy atom. The van der Waals surface area contributed by atoms with Crippen LogP contribution in [-0.2, 0) is 16.0 Å². The first-order valence-electron chi connectivity index (χ1n) is 7.82. The van der Waals surface area contributed by atoms with Gasteiger partial charge in [0.2, 0.25) is 5.91 Å². The lowest BCUT2D eigenvalue weighted by atomic mass is 10.0. The molecule has 2 aromatic rings. The number of hydrogen-bond acceptors (Lipinski definition) is 4. The Bertz CT molecular complexity index is 650. The average molecular weight is 330 g/mol. The lowest BCUT2D eigenvalue weighted by molar-refractivity contribution is -0.115. The predicted octanol–water partition coefficient (Wildman–Crippen LogP) is 3.54. The molecule has 1 saturated heterocycles. The van der Waals surface area contributed by atoms with Crippen LogP contribution in [-0.4, -0.2) is 31.2 Å². The van der Waals surface area contributed by atoms with Gasteiger partial charge in [0.25, 0.3) is 0 Å². The maximum absolute atomic E-state index is 12.0.